The summed E-state index contributed by atoms with van der Waals surface area (Å²) in [6.07, 6.45) is 1.29. The lowest BCUT2D eigenvalue weighted by molar-refractivity contribution is -0.143. The van der Waals surface area contributed by atoms with E-state index < -0.39 is 16.8 Å². The molecule has 1 unspecified atom stereocenters. The second-order valence-corrected chi connectivity index (χ2v) is 13.0. The van der Waals surface area contributed by atoms with Crippen molar-refractivity contribution in [2.24, 2.45) is 5.92 Å². The molecule has 2 aromatic rings. The Hall–Kier alpha value is -2.55. The zero-order valence-corrected chi connectivity index (χ0v) is 23.9. The summed E-state index contributed by atoms with van der Waals surface area (Å²) in [5.74, 6) is 0.974. The molecule has 0 aliphatic carbocycles. The normalized spacial score (nSPS) is 21.2. The molecule has 3 aliphatic rings. The van der Waals surface area contributed by atoms with E-state index in [1.807, 2.05) is 30.3 Å². The van der Waals surface area contributed by atoms with Crippen LogP contribution in [0, 0.1) is 17.2 Å². The summed E-state index contributed by atoms with van der Waals surface area (Å²) >= 11 is 8.23. The van der Waals surface area contributed by atoms with Crippen molar-refractivity contribution in [2.75, 3.05) is 37.7 Å². The first kappa shape index (κ1) is 28.0. The number of thioether (sulfide) groups is 1. The lowest BCUT2D eigenvalue weighted by Gasteiger charge is -2.34. The van der Waals surface area contributed by atoms with Crippen molar-refractivity contribution in [1.82, 2.24) is 15.1 Å². The van der Waals surface area contributed by atoms with Gasteiger partial charge in [0.1, 0.15) is 17.9 Å². The number of nitrogens with one attached hydrogen (secondary N) is 1. The average molecular weight is 587 g/mol. The van der Waals surface area contributed by atoms with Crippen LogP contribution in [-0.2, 0) is 28.7 Å². The summed E-state index contributed by atoms with van der Waals surface area (Å²) in [6.45, 7) is 4.00. The average Bonchev–Trinajstić information content (AvgIpc) is 3.44. The largest absolute Gasteiger partial charge is 0.487 e. The highest BCUT2D eigenvalue weighted by atomic mass is 35.5. The van der Waals surface area contributed by atoms with E-state index >= 15 is 0 Å². The van der Waals surface area contributed by atoms with Gasteiger partial charge in [0.25, 0.3) is 0 Å². The van der Waals surface area contributed by atoms with Crippen LogP contribution in [0.3, 0.4) is 0 Å². The van der Waals surface area contributed by atoms with Gasteiger partial charge in [-0.3, -0.25) is 18.8 Å². The molecule has 2 fully saturated rings. The van der Waals surface area contributed by atoms with Crippen molar-refractivity contribution in [1.29, 1.82) is 5.26 Å². The second-order valence-electron chi connectivity index (χ2n) is 9.95. The lowest BCUT2D eigenvalue weighted by Crippen LogP contribution is -2.45. The summed E-state index contributed by atoms with van der Waals surface area (Å²) in [5.41, 5.74) is 4.18. The predicted molar refractivity (Wildman–Crippen MR) is 155 cm³/mol. The van der Waals surface area contributed by atoms with E-state index in [9.17, 15) is 19.4 Å². The van der Waals surface area contributed by atoms with Crippen LogP contribution >= 0.6 is 23.4 Å². The first-order valence-corrected chi connectivity index (χ1v) is 15.8. The molecule has 39 heavy (non-hydrogen) atoms. The fourth-order valence-electron chi connectivity index (χ4n) is 5.09. The number of ether oxygens (including phenoxy) is 1. The van der Waals surface area contributed by atoms with Crippen LogP contribution in [0.5, 0.6) is 5.75 Å². The number of carbonyl (C=O) groups is 1. The number of halogens is 1. The monoisotopic (exact) mass is 586 g/mol. The molecule has 1 atom stereocenters. The summed E-state index contributed by atoms with van der Waals surface area (Å²) in [4.78, 5) is 15.8. The van der Waals surface area contributed by atoms with Gasteiger partial charge >= 0.3 is 5.97 Å². The molecular formula is C28H31ClN4O4S2. The number of carboxylic acids is 1. The fourth-order valence-corrected chi connectivity index (χ4v) is 7.49. The maximum atomic E-state index is 11.6. The van der Waals surface area contributed by atoms with Crippen LogP contribution in [0.1, 0.15) is 35.1 Å². The molecule has 0 amide bonds. The van der Waals surface area contributed by atoms with E-state index in [0.717, 1.165) is 55.1 Å². The number of carboxylic acid groups (broad SMARTS) is 1. The lowest BCUT2D eigenvalue weighted by atomic mass is 9.97. The van der Waals surface area contributed by atoms with E-state index in [1.54, 1.807) is 17.8 Å². The Morgan fingerprint density at radius 1 is 1.21 bits per heavy atom. The van der Waals surface area contributed by atoms with Gasteiger partial charge in [0.15, 0.2) is 0 Å². The van der Waals surface area contributed by atoms with Crippen LogP contribution in [0.15, 0.2) is 41.8 Å². The summed E-state index contributed by atoms with van der Waals surface area (Å²) in [5, 5.41) is 25.2. The standard InChI is InChI=1S/C28H31ClN4O4S2/c29-24-3-1-2-23(25-18-38-28(31-25)33-8-6-20(7-9-33)27(34)35)26(24)37-17-21-5-4-19(14-22(21)15-30)16-32-10-12-39(36)13-11-32/h1-5,14,18,20,28,31H,6-13,16-17H2,(H,34,35). The molecule has 0 bridgehead atoms. The minimum absolute atomic E-state index is 0.0270. The molecule has 5 rings (SSSR count). The third-order valence-electron chi connectivity index (χ3n) is 7.40. The molecule has 8 nitrogen and oxygen atoms in total. The topological polar surface area (TPSA) is 106 Å². The molecule has 0 aromatic heterocycles. The highest BCUT2D eigenvalue weighted by molar-refractivity contribution is 8.03. The Kier molecular flexibility index (Phi) is 9.15. The molecule has 2 N–H and O–H groups in total. The van der Waals surface area contributed by atoms with Gasteiger partial charge in [-0.25, -0.2) is 0 Å². The molecule has 11 heteroatoms. The second kappa shape index (κ2) is 12.7. The van der Waals surface area contributed by atoms with Crippen LogP contribution in [0.4, 0.5) is 0 Å². The third kappa shape index (κ3) is 6.79. The number of hydrogen-bond donors (Lipinski definition) is 2. The summed E-state index contributed by atoms with van der Waals surface area (Å²) in [7, 11) is -0.714. The number of nitrogens with zero attached hydrogens (tertiary/aromatic N) is 3. The molecule has 2 aromatic carbocycles. The minimum Gasteiger partial charge on any atom is -0.487 e. The van der Waals surface area contributed by atoms with Crippen molar-refractivity contribution < 1.29 is 18.8 Å². The van der Waals surface area contributed by atoms with Gasteiger partial charge in [-0.2, -0.15) is 5.26 Å². The van der Waals surface area contributed by atoms with E-state index in [0.29, 0.717) is 40.7 Å². The first-order chi connectivity index (χ1) is 18.9. The number of likely N-dealkylation sites (tertiary alicyclic amines) is 1. The maximum absolute atomic E-state index is 11.6. The van der Waals surface area contributed by atoms with Crippen LogP contribution in [0.2, 0.25) is 5.02 Å². The number of aliphatic carboxylic acids is 1. The van der Waals surface area contributed by atoms with Gasteiger partial charge in [0.2, 0.25) is 0 Å². The molecule has 0 radical (unpaired) electrons. The van der Waals surface area contributed by atoms with Gasteiger partial charge < -0.3 is 15.2 Å². The maximum Gasteiger partial charge on any atom is 0.306 e. The Balaban J connectivity index is 1.23. The number of rotatable bonds is 8. The number of nitriles is 1. The predicted octanol–water partition coefficient (Wildman–Crippen LogP) is 4.07. The Bertz CT molecular complexity index is 1310. The highest BCUT2D eigenvalue weighted by Gasteiger charge is 2.31. The van der Waals surface area contributed by atoms with Gasteiger partial charge in [-0.05, 0) is 42.0 Å². The highest BCUT2D eigenvalue weighted by Crippen LogP contribution is 2.38. The number of piperidine rings is 1. The molecular weight excluding hydrogens is 556 g/mol. The SMILES string of the molecule is N#Cc1cc(CN2CCS(=O)CC2)ccc1COc1c(Cl)cccc1C1=CSC(N2CCC(C(=O)O)CC2)N1. The quantitative estimate of drug-likeness (QED) is 0.473. The minimum atomic E-state index is -0.714. The number of para-hydroxylation sites is 1. The Morgan fingerprint density at radius 2 is 1.97 bits per heavy atom. The van der Waals surface area contributed by atoms with Gasteiger partial charge in [0, 0.05) is 66.2 Å². The Labute approximate surface area is 240 Å². The van der Waals surface area contributed by atoms with Crippen molar-refractivity contribution in [3.8, 4) is 11.8 Å². The summed E-state index contributed by atoms with van der Waals surface area (Å²) in [6, 6.07) is 13.8. The fraction of sp³-hybridized carbons (Fsp3) is 0.429. The third-order valence-corrected chi connectivity index (χ3v) is 10.0. The number of benzene rings is 2. The zero-order valence-electron chi connectivity index (χ0n) is 21.5. The van der Waals surface area contributed by atoms with Crippen molar-refractivity contribution in [2.45, 2.75) is 31.5 Å². The summed E-state index contributed by atoms with van der Waals surface area (Å²) < 4.78 is 17.9. The Morgan fingerprint density at radius 3 is 2.69 bits per heavy atom. The van der Waals surface area contributed by atoms with Gasteiger partial charge in [0.05, 0.1) is 28.3 Å². The van der Waals surface area contributed by atoms with Crippen LogP contribution < -0.4 is 10.1 Å². The smallest absolute Gasteiger partial charge is 0.306 e. The molecule has 3 aliphatic heterocycles. The molecule has 0 saturated carbocycles. The van der Waals surface area contributed by atoms with Crippen molar-refractivity contribution >= 4 is 45.8 Å². The first-order valence-electron chi connectivity index (χ1n) is 13.0. The van der Waals surface area contributed by atoms with E-state index in [4.69, 9.17) is 16.3 Å². The number of hydrogen-bond acceptors (Lipinski definition) is 8. The van der Waals surface area contributed by atoms with Crippen molar-refractivity contribution in [3.05, 3.63) is 69.1 Å². The van der Waals surface area contributed by atoms with Gasteiger partial charge in [-0.1, -0.05) is 41.6 Å². The molecule has 2 saturated heterocycles. The van der Waals surface area contributed by atoms with E-state index in [2.05, 4.69) is 26.6 Å². The van der Waals surface area contributed by atoms with Gasteiger partial charge in [-0.15, -0.1) is 0 Å². The van der Waals surface area contributed by atoms with Crippen molar-refractivity contribution in [3.63, 3.8) is 0 Å². The molecule has 206 valence electrons. The zero-order chi connectivity index (χ0) is 27.4. The molecule has 0 spiro atoms. The van der Waals surface area contributed by atoms with E-state index in [-0.39, 0.29) is 18.0 Å². The van der Waals surface area contributed by atoms with Crippen LogP contribution in [-0.4, -0.2) is 68.3 Å². The van der Waals surface area contributed by atoms with E-state index in [1.165, 1.54) is 0 Å². The van der Waals surface area contributed by atoms with Crippen LogP contribution in [0.25, 0.3) is 5.70 Å². The molecule has 3 heterocycles.